The third kappa shape index (κ3) is 4.06. The van der Waals surface area contributed by atoms with E-state index in [2.05, 4.69) is 19.2 Å². The van der Waals surface area contributed by atoms with Crippen LogP contribution in [0.5, 0.6) is 0 Å². The first kappa shape index (κ1) is 13.5. The molecule has 0 saturated heterocycles. The van der Waals surface area contributed by atoms with Gasteiger partial charge in [0.05, 0.1) is 0 Å². The average molecular weight is 231 g/mol. The Kier molecular flexibility index (Phi) is 4.95. The van der Waals surface area contributed by atoms with Crippen LogP contribution < -0.4 is 5.32 Å². The molecule has 0 aliphatic heterocycles. The van der Waals surface area contributed by atoms with Gasteiger partial charge in [-0.05, 0) is 30.9 Å². The SMILES string of the molecule is C/C(C(=O)NCC(C)C)=C(\C)c1ccccc1. The minimum atomic E-state index is 0.0278. The lowest BCUT2D eigenvalue weighted by Crippen LogP contribution is -2.28. The Bertz CT molecular complexity index is 404. The highest BCUT2D eigenvalue weighted by molar-refractivity contribution is 6.00. The van der Waals surface area contributed by atoms with Crippen LogP contribution in [-0.4, -0.2) is 12.5 Å². The van der Waals surface area contributed by atoms with Crippen molar-refractivity contribution in [3.63, 3.8) is 0 Å². The van der Waals surface area contributed by atoms with E-state index < -0.39 is 0 Å². The zero-order valence-electron chi connectivity index (χ0n) is 11.1. The maximum Gasteiger partial charge on any atom is 0.247 e. The summed E-state index contributed by atoms with van der Waals surface area (Å²) in [5.41, 5.74) is 2.92. The van der Waals surface area contributed by atoms with Gasteiger partial charge >= 0.3 is 0 Å². The first-order chi connectivity index (χ1) is 8.02. The van der Waals surface area contributed by atoms with Crippen LogP contribution in [0.3, 0.4) is 0 Å². The van der Waals surface area contributed by atoms with Crippen molar-refractivity contribution in [2.75, 3.05) is 6.54 Å². The van der Waals surface area contributed by atoms with Crippen LogP contribution in [0.1, 0.15) is 33.3 Å². The van der Waals surface area contributed by atoms with Crippen molar-refractivity contribution < 1.29 is 4.79 Å². The molecule has 1 amide bonds. The largest absolute Gasteiger partial charge is 0.352 e. The Hall–Kier alpha value is -1.57. The zero-order chi connectivity index (χ0) is 12.8. The molecule has 0 aromatic heterocycles. The Balaban J connectivity index is 2.79. The Morgan fingerprint density at radius 3 is 2.29 bits per heavy atom. The molecule has 0 fully saturated rings. The highest BCUT2D eigenvalue weighted by atomic mass is 16.1. The molecule has 1 aromatic carbocycles. The predicted octanol–water partition coefficient (Wildman–Crippen LogP) is 3.25. The lowest BCUT2D eigenvalue weighted by molar-refractivity contribution is -0.117. The monoisotopic (exact) mass is 231 g/mol. The van der Waals surface area contributed by atoms with E-state index in [4.69, 9.17) is 0 Å². The average Bonchev–Trinajstić information content (AvgIpc) is 2.35. The van der Waals surface area contributed by atoms with Gasteiger partial charge in [0.15, 0.2) is 0 Å². The maximum atomic E-state index is 11.9. The van der Waals surface area contributed by atoms with Gasteiger partial charge in [0, 0.05) is 12.1 Å². The second-order valence-electron chi connectivity index (χ2n) is 4.72. The van der Waals surface area contributed by atoms with Gasteiger partial charge in [-0.1, -0.05) is 44.2 Å². The third-order valence-electron chi connectivity index (χ3n) is 2.78. The van der Waals surface area contributed by atoms with E-state index in [1.54, 1.807) is 0 Å². The smallest absolute Gasteiger partial charge is 0.247 e. The summed E-state index contributed by atoms with van der Waals surface area (Å²) in [5.74, 6) is 0.504. The summed E-state index contributed by atoms with van der Waals surface area (Å²) in [6.45, 7) is 8.75. The number of hydrogen-bond donors (Lipinski definition) is 1. The van der Waals surface area contributed by atoms with Crippen LogP contribution in [0.2, 0.25) is 0 Å². The van der Waals surface area contributed by atoms with Crippen LogP contribution in [0.25, 0.3) is 5.57 Å². The first-order valence-electron chi connectivity index (χ1n) is 6.03. The molecule has 0 radical (unpaired) electrons. The molecule has 1 rings (SSSR count). The third-order valence-corrected chi connectivity index (χ3v) is 2.78. The molecule has 0 unspecified atom stereocenters. The number of benzene rings is 1. The summed E-state index contributed by atoms with van der Waals surface area (Å²) < 4.78 is 0. The van der Waals surface area contributed by atoms with Gasteiger partial charge in [-0.2, -0.15) is 0 Å². The number of amides is 1. The van der Waals surface area contributed by atoms with E-state index in [1.165, 1.54) is 0 Å². The standard InChI is InChI=1S/C15H21NO/c1-11(2)10-16-15(17)13(4)12(3)14-8-6-5-7-9-14/h5-9,11H,10H2,1-4H3,(H,16,17)/b13-12-. The molecule has 0 atom stereocenters. The van der Waals surface area contributed by atoms with Crippen LogP contribution in [-0.2, 0) is 4.79 Å². The summed E-state index contributed by atoms with van der Waals surface area (Å²) in [6, 6.07) is 9.99. The fourth-order valence-corrected chi connectivity index (χ4v) is 1.50. The quantitative estimate of drug-likeness (QED) is 0.792. The number of allylic oxidation sites excluding steroid dienone is 1. The second-order valence-corrected chi connectivity index (χ2v) is 4.72. The molecule has 2 heteroatoms. The molecule has 0 spiro atoms. The van der Waals surface area contributed by atoms with Gasteiger partial charge in [0.1, 0.15) is 0 Å². The number of nitrogens with one attached hydrogen (secondary N) is 1. The fraction of sp³-hybridized carbons (Fsp3) is 0.400. The van der Waals surface area contributed by atoms with Crippen molar-refractivity contribution in [1.82, 2.24) is 5.32 Å². The van der Waals surface area contributed by atoms with Gasteiger partial charge in [-0.3, -0.25) is 4.79 Å². The summed E-state index contributed by atoms with van der Waals surface area (Å²) >= 11 is 0. The summed E-state index contributed by atoms with van der Waals surface area (Å²) in [4.78, 5) is 11.9. The highest BCUT2D eigenvalue weighted by Gasteiger charge is 2.08. The molecule has 0 aliphatic carbocycles. The molecule has 17 heavy (non-hydrogen) atoms. The number of rotatable bonds is 4. The molecule has 0 heterocycles. The summed E-state index contributed by atoms with van der Waals surface area (Å²) in [5, 5.41) is 2.94. The van der Waals surface area contributed by atoms with Gasteiger partial charge in [0.25, 0.3) is 0 Å². The van der Waals surface area contributed by atoms with Gasteiger partial charge in [-0.25, -0.2) is 0 Å². The normalized spacial score (nSPS) is 12.3. The van der Waals surface area contributed by atoms with E-state index in [-0.39, 0.29) is 5.91 Å². The highest BCUT2D eigenvalue weighted by Crippen LogP contribution is 2.17. The van der Waals surface area contributed by atoms with E-state index in [9.17, 15) is 4.79 Å². The van der Waals surface area contributed by atoms with Crippen molar-refractivity contribution >= 4 is 11.5 Å². The fourth-order valence-electron chi connectivity index (χ4n) is 1.50. The van der Waals surface area contributed by atoms with Gasteiger partial charge < -0.3 is 5.32 Å². The predicted molar refractivity (Wildman–Crippen MR) is 72.6 cm³/mol. The van der Waals surface area contributed by atoms with Crippen molar-refractivity contribution in [2.24, 2.45) is 5.92 Å². The Labute approximate surface area is 104 Å². The number of carbonyl (C=O) groups is 1. The van der Waals surface area contributed by atoms with E-state index in [0.29, 0.717) is 5.92 Å². The number of carbonyl (C=O) groups excluding carboxylic acids is 1. The summed E-state index contributed by atoms with van der Waals surface area (Å²) in [7, 11) is 0. The van der Waals surface area contributed by atoms with Crippen LogP contribution in [0.4, 0.5) is 0 Å². The second kappa shape index (κ2) is 6.24. The molecule has 92 valence electrons. The minimum Gasteiger partial charge on any atom is -0.352 e. The van der Waals surface area contributed by atoms with Crippen molar-refractivity contribution in [3.05, 3.63) is 41.5 Å². The van der Waals surface area contributed by atoms with Gasteiger partial charge in [0.2, 0.25) is 5.91 Å². The first-order valence-corrected chi connectivity index (χ1v) is 6.03. The van der Waals surface area contributed by atoms with Crippen LogP contribution >= 0.6 is 0 Å². The molecule has 0 bridgehead atoms. The number of hydrogen-bond acceptors (Lipinski definition) is 1. The summed E-state index contributed by atoms with van der Waals surface area (Å²) in [6.07, 6.45) is 0. The molecular formula is C15H21NO. The Morgan fingerprint density at radius 1 is 1.18 bits per heavy atom. The molecule has 1 N–H and O–H groups in total. The van der Waals surface area contributed by atoms with Gasteiger partial charge in [-0.15, -0.1) is 0 Å². The molecule has 1 aromatic rings. The van der Waals surface area contributed by atoms with Crippen molar-refractivity contribution in [3.8, 4) is 0 Å². The van der Waals surface area contributed by atoms with E-state index >= 15 is 0 Å². The molecule has 0 saturated carbocycles. The van der Waals surface area contributed by atoms with E-state index in [0.717, 1.165) is 23.3 Å². The zero-order valence-corrected chi connectivity index (χ0v) is 11.1. The topological polar surface area (TPSA) is 29.1 Å². The lowest BCUT2D eigenvalue weighted by atomic mass is 10.0. The minimum absolute atomic E-state index is 0.0278. The Morgan fingerprint density at radius 2 is 1.76 bits per heavy atom. The van der Waals surface area contributed by atoms with Crippen LogP contribution in [0, 0.1) is 5.92 Å². The van der Waals surface area contributed by atoms with E-state index in [1.807, 2.05) is 44.2 Å². The lowest BCUT2D eigenvalue weighted by Gasteiger charge is -2.10. The maximum absolute atomic E-state index is 11.9. The van der Waals surface area contributed by atoms with Crippen molar-refractivity contribution in [1.29, 1.82) is 0 Å². The van der Waals surface area contributed by atoms with Crippen molar-refractivity contribution in [2.45, 2.75) is 27.7 Å². The van der Waals surface area contributed by atoms with Crippen LogP contribution in [0.15, 0.2) is 35.9 Å². The molecule has 0 aliphatic rings. The molecular weight excluding hydrogens is 210 g/mol. The molecule has 2 nitrogen and oxygen atoms in total.